The molecule has 1 aromatic carbocycles. The van der Waals surface area contributed by atoms with Gasteiger partial charge >= 0.3 is 12.1 Å². The average Bonchev–Trinajstić information content (AvgIpc) is 2.23. The van der Waals surface area contributed by atoms with Gasteiger partial charge in [-0.2, -0.15) is 13.2 Å². The Hall–Kier alpha value is -0.790. The highest BCUT2D eigenvalue weighted by Crippen LogP contribution is 2.14. The minimum absolute atomic E-state index is 0.0316. The van der Waals surface area contributed by atoms with Crippen molar-refractivity contribution in [1.29, 1.82) is 0 Å². The van der Waals surface area contributed by atoms with Crippen molar-refractivity contribution in [2.45, 2.75) is 19.0 Å². The van der Waals surface area contributed by atoms with Crippen molar-refractivity contribution in [2.24, 2.45) is 0 Å². The summed E-state index contributed by atoms with van der Waals surface area (Å²) in [6.07, 6.45) is -3.65. The van der Waals surface area contributed by atoms with Gasteiger partial charge in [0.2, 0.25) is 0 Å². The van der Waals surface area contributed by atoms with Gasteiger partial charge in [-0.15, -0.1) is 0 Å². The lowest BCUT2D eigenvalue weighted by Gasteiger charge is -2.07. The molecule has 0 saturated heterocycles. The molecule has 0 bridgehead atoms. The van der Waals surface area contributed by atoms with Gasteiger partial charge in [0.25, 0.3) is 0 Å². The van der Waals surface area contributed by atoms with E-state index in [2.05, 4.69) is 22.6 Å². The third kappa shape index (κ3) is 5.38. The van der Waals surface area contributed by atoms with Gasteiger partial charge < -0.3 is 5.32 Å². The van der Waals surface area contributed by atoms with E-state index in [4.69, 9.17) is 0 Å². The summed E-state index contributed by atoms with van der Waals surface area (Å²) in [6, 6.07) is 7.71. The number of hydrogen-bond donors (Lipinski definition) is 1. The maximum absolute atomic E-state index is 11.8. The second-order valence-corrected chi connectivity index (χ2v) is 4.73. The van der Waals surface area contributed by atoms with E-state index in [0.29, 0.717) is 12.8 Å². The molecule has 0 aliphatic rings. The fraction of sp³-hybridized carbons (Fsp3) is 0.364. The smallest absolute Gasteiger partial charge is 0.348 e. The number of carbonyl (C=O) groups is 1. The van der Waals surface area contributed by atoms with Crippen LogP contribution in [0.25, 0.3) is 0 Å². The number of nitrogens with one attached hydrogen (secondary N) is 1. The van der Waals surface area contributed by atoms with E-state index in [-0.39, 0.29) is 6.54 Å². The molecule has 1 amide bonds. The Balaban J connectivity index is 2.28. The molecule has 0 aromatic heterocycles. The van der Waals surface area contributed by atoms with Crippen LogP contribution in [0.15, 0.2) is 24.3 Å². The molecule has 0 fully saturated rings. The maximum atomic E-state index is 11.8. The first-order valence-corrected chi connectivity index (χ1v) is 6.07. The quantitative estimate of drug-likeness (QED) is 0.652. The van der Waals surface area contributed by atoms with Gasteiger partial charge in [0.1, 0.15) is 0 Å². The zero-order chi connectivity index (χ0) is 12.9. The number of carbonyl (C=O) groups excluding carboxylic acids is 1. The topological polar surface area (TPSA) is 29.1 Å². The Morgan fingerprint density at radius 2 is 2.06 bits per heavy atom. The second-order valence-electron chi connectivity index (χ2n) is 3.49. The molecule has 0 heterocycles. The summed E-state index contributed by atoms with van der Waals surface area (Å²) in [5.74, 6) is -1.87. The highest BCUT2D eigenvalue weighted by Gasteiger charge is 2.38. The molecule has 1 N–H and O–H groups in total. The Bertz CT molecular complexity index is 393. The van der Waals surface area contributed by atoms with E-state index in [9.17, 15) is 18.0 Å². The zero-order valence-corrected chi connectivity index (χ0v) is 11.0. The van der Waals surface area contributed by atoms with E-state index in [1.165, 1.54) is 0 Å². The lowest BCUT2D eigenvalue weighted by Crippen LogP contribution is -2.37. The van der Waals surface area contributed by atoms with Gasteiger partial charge in [0.15, 0.2) is 0 Å². The van der Waals surface area contributed by atoms with Crippen molar-refractivity contribution >= 4 is 28.5 Å². The first-order chi connectivity index (χ1) is 7.89. The summed E-state index contributed by atoms with van der Waals surface area (Å²) in [6.45, 7) is 0.0316. The fourth-order valence-corrected chi connectivity index (χ4v) is 1.89. The molecule has 0 saturated carbocycles. The van der Waals surface area contributed by atoms with E-state index < -0.39 is 12.1 Å². The second kappa shape index (κ2) is 6.23. The standard InChI is InChI=1S/C11H11F3INO/c12-11(13,14)10(17)16-6-2-4-8-3-1-5-9(15)7-8/h1,3,5,7H,2,4,6H2,(H,16,17). The van der Waals surface area contributed by atoms with Crippen LogP contribution in [0.2, 0.25) is 0 Å². The molecule has 94 valence electrons. The third-order valence-electron chi connectivity index (χ3n) is 2.07. The van der Waals surface area contributed by atoms with Gasteiger partial charge in [0, 0.05) is 10.1 Å². The van der Waals surface area contributed by atoms with Crippen molar-refractivity contribution < 1.29 is 18.0 Å². The minimum Gasteiger partial charge on any atom is -0.348 e. The summed E-state index contributed by atoms with van der Waals surface area (Å²) in [4.78, 5) is 10.5. The van der Waals surface area contributed by atoms with Crippen LogP contribution in [-0.4, -0.2) is 18.6 Å². The van der Waals surface area contributed by atoms with Crippen LogP contribution in [-0.2, 0) is 11.2 Å². The van der Waals surface area contributed by atoms with Crippen LogP contribution >= 0.6 is 22.6 Å². The normalized spacial score (nSPS) is 11.3. The molecule has 2 nitrogen and oxygen atoms in total. The molecule has 1 aromatic rings. The van der Waals surface area contributed by atoms with Crippen molar-refractivity contribution in [3.8, 4) is 0 Å². The van der Waals surface area contributed by atoms with Crippen molar-refractivity contribution in [1.82, 2.24) is 5.32 Å². The first kappa shape index (κ1) is 14.3. The Morgan fingerprint density at radius 1 is 1.35 bits per heavy atom. The number of alkyl halides is 3. The molecule has 0 spiro atoms. The fourth-order valence-electron chi connectivity index (χ4n) is 1.29. The van der Waals surface area contributed by atoms with Crippen molar-refractivity contribution in [3.63, 3.8) is 0 Å². The van der Waals surface area contributed by atoms with Crippen LogP contribution in [0.5, 0.6) is 0 Å². The summed E-state index contributed by atoms with van der Waals surface area (Å²) >= 11 is 2.17. The van der Waals surface area contributed by atoms with Crippen LogP contribution in [0.4, 0.5) is 13.2 Å². The number of hydrogen-bond acceptors (Lipinski definition) is 1. The lowest BCUT2D eigenvalue weighted by molar-refractivity contribution is -0.173. The Morgan fingerprint density at radius 3 is 2.65 bits per heavy atom. The number of rotatable bonds is 4. The predicted molar refractivity (Wildman–Crippen MR) is 66.5 cm³/mol. The minimum atomic E-state index is -4.79. The van der Waals surface area contributed by atoms with Crippen LogP contribution < -0.4 is 5.32 Å². The molecule has 0 radical (unpaired) electrons. The first-order valence-electron chi connectivity index (χ1n) is 4.99. The molecular weight excluding hydrogens is 346 g/mol. The van der Waals surface area contributed by atoms with Gasteiger partial charge in [-0.1, -0.05) is 12.1 Å². The molecular formula is C11H11F3INO. The highest BCUT2D eigenvalue weighted by molar-refractivity contribution is 14.1. The Labute approximate surface area is 111 Å². The third-order valence-corrected chi connectivity index (χ3v) is 2.75. The van der Waals surface area contributed by atoms with E-state index in [1.807, 2.05) is 29.6 Å². The van der Waals surface area contributed by atoms with E-state index in [0.717, 1.165) is 9.13 Å². The predicted octanol–water partition coefficient (Wildman–Crippen LogP) is 2.90. The largest absolute Gasteiger partial charge is 0.471 e. The molecule has 0 aliphatic heterocycles. The van der Waals surface area contributed by atoms with Gasteiger partial charge in [-0.05, 0) is 53.1 Å². The SMILES string of the molecule is O=C(NCCCc1cccc(I)c1)C(F)(F)F. The summed E-state index contributed by atoms with van der Waals surface area (Å²) in [7, 11) is 0. The average molecular weight is 357 g/mol. The van der Waals surface area contributed by atoms with Crippen LogP contribution in [0.3, 0.4) is 0 Å². The molecule has 0 atom stereocenters. The molecule has 0 aliphatic carbocycles. The summed E-state index contributed by atoms with van der Waals surface area (Å²) in [5.41, 5.74) is 1.05. The Kier molecular flexibility index (Phi) is 5.23. The monoisotopic (exact) mass is 357 g/mol. The van der Waals surface area contributed by atoms with E-state index >= 15 is 0 Å². The number of amides is 1. The van der Waals surface area contributed by atoms with Gasteiger partial charge in [-0.3, -0.25) is 4.79 Å². The molecule has 17 heavy (non-hydrogen) atoms. The van der Waals surface area contributed by atoms with Crippen LogP contribution in [0.1, 0.15) is 12.0 Å². The summed E-state index contributed by atoms with van der Waals surface area (Å²) in [5, 5.41) is 1.84. The van der Waals surface area contributed by atoms with Gasteiger partial charge in [-0.25, -0.2) is 0 Å². The van der Waals surface area contributed by atoms with Crippen molar-refractivity contribution in [3.05, 3.63) is 33.4 Å². The number of halogens is 4. The molecule has 6 heteroatoms. The van der Waals surface area contributed by atoms with Crippen LogP contribution in [0, 0.1) is 3.57 Å². The van der Waals surface area contributed by atoms with Crippen molar-refractivity contribution in [2.75, 3.05) is 6.54 Å². The van der Waals surface area contributed by atoms with E-state index in [1.54, 1.807) is 0 Å². The highest BCUT2D eigenvalue weighted by atomic mass is 127. The number of benzene rings is 1. The maximum Gasteiger partial charge on any atom is 0.471 e. The molecule has 1 rings (SSSR count). The summed E-state index contributed by atoms with van der Waals surface area (Å²) < 4.78 is 36.6. The lowest BCUT2D eigenvalue weighted by atomic mass is 10.1. The molecule has 0 unspecified atom stereocenters. The van der Waals surface area contributed by atoms with Gasteiger partial charge in [0.05, 0.1) is 0 Å². The zero-order valence-electron chi connectivity index (χ0n) is 8.85. The number of aryl methyl sites for hydroxylation is 1.